The Morgan fingerprint density at radius 1 is 1.04 bits per heavy atom. The summed E-state index contributed by atoms with van der Waals surface area (Å²) in [6.45, 7) is 0. The molecule has 0 aliphatic carbocycles. The highest BCUT2D eigenvalue weighted by molar-refractivity contribution is 8.00. The molecule has 0 fully saturated rings. The molecule has 0 aliphatic heterocycles. The van der Waals surface area contributed by atoms with Gasteiger partial charge in [0.1, 0.15) is 5.69 Å². The molecule has 0 spiro atoms. The first-order valence-corrected chi connectivity index (χ1v) is 8.15. The minimum atomic E-state index is -0.441. The Labute approximate surface area is 142 Å². The maximum absolute atomic E-state index is 11.0. The van der Waals surface area contributed by atoms with Gasteiger partial charge in [0.05, 0.1) is 11.4 Å². The maximum Gasteiger partial charge on any atom is 0.227 e. The molecule has 6 nitrogen and oxygen atoms in total. The van der Waals surface area contributed by atoms with E-state index < -0.39 is 5.91 Å². The van der Waals surface area contributed by atoms with Crippen molar-refractivity contribution in [2.75, 3.05) is 5.75 Å². The average Bonchev–Trinajstić information content (AvgIpc) is 3.02. The van der Waals surface area contributed by atoms with E-state index in [0.717, 1.165) is 17.3 Å². The van der Waals surface area contributed by atoms with E-state index in [1.165, 1.54) is 0 Å². The monoisotopic (exact) mass is 338 g/mol. The molecule has 0 atom stereocenters. The van der Waals surface area contributed by atoms with Crippen LogP contribution in [-0.4, -0.2) is 16.8 Å². The second kappa shape index (κ2) is 7.56. The number of nitrogens with two attached hydrogens (primary N) is 1. The molecule has 1 aromatic heterocycles. The van der Waals surface area contributed by atoms with Gasteiger partial charge in [0.25, 0.3) is 0 Å². The molecule has 0 bridgehead atoms. The van der Waals surface area contributed by atoms with E-state index in [0.29, 0.717) is 22.2 Å². The van der Waals surface area contributed by atoms with E-state index in [4.69, 9.17) is 10.3 Å². The molecule has 1 amide bonds. The second-order valence-corrected chi connectivity index (χ2v) is 5.77. The number of nitrogens with zero attached hydrogens (tertiary/aromatic N) is 3. The van der Waals surface area contributed by atoms with Crippen molar-refractivity contribution in [3.8, 4) is 11.3 Å². The largest absolute Gasteiger partial charge is 0.369 e. The number of hydrogen-bond donors (Lipinski definition) is 1. The highest BCUT2D eigenvalue weighted by Gasteiger charge is 2.18. The van der Waals surface area contributed by atoms with Crippen LogP contribution in [0.4, 0.5) is 11.4 Å². The molecule has 0 aliphatic rings. The molecule has 120 valence electrons. The summed E-state index contributed by atoms with van der Waals surface area (Å²) in [5, 5.41) is 13.0. The van der Waals surface area contributed by atoms with Gasteiger partial charge >= 0.3 is 0 Å². The summed E-state index contributed by atoms with van der Waals surface area (Å²) in [6.07, 6.45) is 0. The van der Waals surface area contributed by atoms with Crippen molar-refractivity contribution in [1.82, 2.24) is 5.16 Å². The summed E-state index contributed by atoms with van der Waals surface area (Å²) in [4.78, 5) is 11.0. The van der Waals surface area contributed by atoms with Crippen LogP contribution in [0.25, 0.3) is 11.3 Å². The topological polar surface area (TPSA) is 93.8 Å². The van der Waals surface area contributed by atoms with E-state index in [1.54, 1.807) is 0 Å². The first-order valence-electron chi connectivity index (χ1n) is 7.17. The Balaban J connectivity index is 1.97. The highest BCUT2D eigenvalue weighted by atomic mass is 32.2. The number of amides is 1. The Morgan fingerprint density at radius 3 is 2.38 bits per heavy atom. The first-order chi connectivity index (χ1) is 11.7. The van der Waals surface area contributed by atoms with Crippen molar-refractivity contribution >= 4 is 29.0 Å². The number of benzene rings is 2. The van der Waals surface area contributed by atoms with Crippen LogP contribution in [0.15, 0.2) is 80.5 Å². The summed E-state index contributed by atoms with van der Waals surface area (Å²) in [7, 11) is 0. The predicted molar refractivity (Wildman–Crippen MR) is 92.5 cm³/mol. The zero-order valence-electron chi connectivity index (χ0n) is 12.6. The molecule has 2 aromatic carbocycles. The summed E-state index contributed by atoms with van der Waals surface area (Å²) >= 11 is 1.15. The standard InChI is InChI=1S/C17H14N4O2S/c18-14(22)11-24-17-16(20-19-13-9-5-2-6-10-13)15(21-23-17)12-7-3-1-4-8-12/h1-10H,11H2,(H2,18,22). The van der Waals surface area contributed by atoms with Gasteiger partial charge in [-0.15, -0.1) is 5.11 Å². The molecule has 1 heterocycles. The lowest BCUT2D eigenvalue weighted by Crippen LogP contribution is -2.12. The van der Waals surface area contributed by atoms with Crippen molar-refractivity contribution in [2.24, 2.45) is 16.0 Å². The fraction of sp³-hybridized carbons (Fsp3) is 0.0588. The van der Waals surface area contributed by atoms with E-state index in [1.807, 2.05) is 60.7 Å². The average molecular weight is 338 g/mol. The summed E-state index contributed by atoms with van der Waals surface area (Å²) in [5.74, 6) is -0.360. The van der Waals surface area contributed by atoms with Crippen LogP contribution < -0.4 is 5.73 Å². The fourth-order valence-electron chi connectivity index (χ4n) is 1.98. The highest BCUT2D eigenvalue weighted by Crippen LogP contribution is 2.39. The maximum atomic E-state index is 11.0. The molecule has 0 radical (unpaired) electrons. The Bertz CT molecular complexity index is 848. The molecule has 0 saturated carbocycles. The number of carbonyl (C=O) groups is 1. The van der Waals surface area contributed by atoms with Gasteiger partial charge in [-0.2, -0.15) is 5.11 Å². The molecule has 3 aromatic rings. The molecular weight excluding hydrogens is 324 g/mol. The lowest BCUT2D eigenvalue weighted by atomic mass is 10.1. The zero-order chi connectivity index (χ0) is 16.8. The quantitative estimate of drug-likeness (QED) is 0.534. The number of hydrogen-bond acceptors (Lipinski definition) is 6. The third-order valence-electron chi connectivity index (χ3n) is 3.05. The lowest BCUT2D eigenvalue weighted by molar-refractivity contribution is -0.115. The molecule has 24 heavy (non-hydrogen) atoms. The fourth-order valence-corrected chi connectivity index (χ4v) is 2.62. The van der Waals surface area contributed by atoms with E-state index >= 15 is 0 Å². The molecule has 0 saturated heterocycles. The summed E-state index contributed by atoms with van der Waals surface area (Å²) in [5.41, 5.74) is 7.82. The van der Waals surface area contributed by atoms with Gasteiger partial charge in [0.2, 0.25) is 11.0 Å². The molecule has 3 rings (SSSR count). The normalized spacial score (nSPS) is 11.0. The first kappa shape index (κ1) is 15.9. The van der Waals surface area contributed by atoms with Crippen molar-refractivity contribution in [3.05, 3.63) is 60.7 Å². The minimum Gasteiger partial charge on any atom is -0.369 e. The number of azo groups is 1. The summed E-state index contributed by atoms with van der Waals surface area (Å²) < 4.78 is 5.34. The van der Waals surface area contributed by atoms with Gasteiger partial charge in [-0.1, -0.05) is 65.4 Å². The van der Waals surface area contributed by atoms with E-state index in [9.17, 15) is 4.79 Å². The van der Waals surface area contributed by atoms with E-state index in [2.05, 4.69) is 15.4 Å². The molecule has 7 heteroatoms. The number of primary amides is 1. The molecular formula is C17H14N4O2S. The third-order valence-corrected chi connectivity index (χ3v) is 4.01. The van der Waals surface area contributed by atoms with Gasteiger partial charge in [-0.25, -0.2) is 0 Å². The summed E-state index contributed by atoms with van der Waals surface area (Å²) in [6, 6.07) is 18.9. The Morgan fingerprint density at radius 2 is 1.71 bits per heavy atom. The predicted octanol–water partition coefficient (Wildman–Crippen LogP) is 4.33. The van der Waals surface area contributed by atoms with Gasteiger partial charge in [-0.3, -0.25) is 4.79 Å². The van der Waals surface area contributed by atoms with Crippen LogP contribution in [0.2, 0.25) is 0 Å². The van der Waals surface area contributed by atoms with Crippen LogP contribution in [0.5, 0.6) is 0 Å². The smallest absolute Gasteiger partial charge is 0.227 e. The lowest BCUT2D eigenvalue weighted by Gasteiger charge is -1.98. The molecule has 2 N–H and O–H groups in total. The van der Waals surface area contributed by atoms with Crippen molar-refractivity contribution < 1.29 is 9.32 Å². The number of aromatic nitrogens is 1. The van der Waals surface area contributed by atoms with E-state index in [-0.39, 0.29) is 5.75 Å². The Hall–Kier alpha value is -2.93. The van der Waals surface area contributed by atoms with Gasteiger partial charge in [0, 0.05) is 5.56 Å². The van der Waals surface area contributed by atoms with Gasteiger partial charge in [-0.05, 0) is 12.1 Å². The van der Waals surface area contributed by atoms with Gasteiger partial charge in [0.15, 0.2) is 5.69 Å². The molecule has 0 unspecified atom stereocenters. The Kier molecular flexibility index (Phi) is 5.02. The number of thioether (sulfide) groups is 1. The SMILES string of the molecule is NC(=O)CSc1onc(-c2ccccc2)c1N=Nc1ccccc1. The zero-order valence-corrected chi connectivity index (χ0v) is 13.4. The third kappa shape index (κ3) is 3.88. The number of carbonyl (C=O) groups excluding carboxylic acids is 1. The van der Waals surface area contributed by atoms with Crippen molar-refractivity contribution in [2.45, 2.75) is 5.09 Å². The van der Waals surface area contributed by atoms with Crippen LogP contribution in [-0.2, 0) is 4.79 Å². The van der Waals surface area contributed by atoms with Crippen LogP contribution in [0.1, 0.15) is 0 Å². The van der Waals surface area contributed by atoms with Crippen LogP contribution in [0.3, 0.4) is 0 Å². The van der Waals surface area contributed by atoms with Crippen LogP contribution in [0, 0.1) is 0 Å². The second-order valence-electron chi connectivity index (χ2n) is 4.82. The van der Waals surface area contributed by atoms with Gasteiger partial charge < -0.3 is 10.3 Å². The van der Waals surface area contributed by atoms with Crippen molar-refractivity contribution in [1.29, 1.82) is 0 Å². The minimum absolute atomic E-state index is 0.0806. The van der Waals surface area contributed by atoms with Crippen LogP contribution >= 0.6 is 11.8 Å². The van der Waals surface area contributed by atoms with Crippen molar-refractivity contribution in [3.63, 3.8) is 0 Å². The number of rotatable bonds is 6.